The van der Waals surface area contributed by atoms with Crippen molar-refractivity contribution in [2.45, 2.75) is 51.5 Å². The second-order valence-electron chi connectivity index (χ2n) is 9.62. The van der Waals surface area contributed by atoms with E-state index in [9.17, 15) is 37.5 Å². The number of esters is 4. The molecule has 0 saturated carbocycles. The van der Waals surface area contributed by atoms with Gasteiger partial charge in [-0.3, -0.25) is 23.7 Å². The number of rotatable bonds is 9. The molecule has 0 spiro atoms. The first-order valence-electron chi connectivity index (χ1n) is 13.1. The van der Waals surface area contributed by atoms with Gasteiger partial charge >= 0.3 is 34.3 Å². The minimum Gasteiger partial charge on any atom is -0.507 e. The maximum absolute atomic E-state index is 13.3. The molecule has 1 aromatic heterocycles. The fraction of sp³-hybridized carbons (Fsp3) is 0.321. The van der Waals surface area contributed by atoms with Gasteiger partial charge in [-0.05, 0) is 17.7 Å². The van der Waals surface area contributed by atoms with E-state index in [0.717, 1.165) is 40.2 Å². The molecule has 46 heavy (non-hydrogen) atoms. The van der Waals surface area contributed by atoms with Crippen LogP contribution in [0.15, 0.2) is 51.9 Å². The number of phenolic OH excluding ortho intramolecular Hbond substituents is 1. The summed E-state index contributed by atoms with van der Waals surface area (Å²) >= 11 is 0. The molecular weight excluding hydrogens is 640 g/mol. The van der Waals surface area contributed by atoms with E-state index < -0.39 is 76.2 Å². The normalized spacial score (nSPS) is 21.1. The van der Waals surface area contributed by atoms with Crippen LogP contribution in [0.3, 0.4) is 0 Å². The number of fused-ring (bicyclic) bond motifs is 1. The average Bonchev–Trinajstić information content (AvgIpc) is 2.94. The molecule has 17 nitrogen and oxygen atoms in total. The van der Waals surface area contributed by atoms with Gasteiger partial charge in [0.25, 0.3) is 0 Å². The lowest BCUT2D eigenvalue weighted by atomic mass is 9.97. The smallest absolute Gasteiger partial charge is 0.446 e. The van der Waals surface area contributed by atoms with Gasteiger partial charge in [0.2, 0.25) is 17.8 Å². The minimum absolute atomic E-state index is 0.0398. The maximum Gasteiger partial charge on any atom is 0.446 e. The van der Waals surface area contributed by atoms with Gasteiger partial charge in [-0.1, -0.05) is 12.1 Å². The van der Waals surface area contributed by atoms with Crippen LogP contribution in [-0.2, 0) is 53.3 Å². The van der Waals surface area contributed by atoms with Crippen LogP contribution in [0.25, 0.3) is 22.1 Å². The van der Waals surface area contributed by atoms with Gasteiger partial charge in [0.1, 0.15) is 34.5 Å². The Balaban J connectivity index is 1.72. The van der Waals surface area contributed by atoms with Gasteiger partial charge in [-0.15, -0.1) is 0 Å². The van der Waals surface area contributed by atoms with Crippen LogP contribution in [0.1, 0.15) is 20.8 Å². The van der Waals surface area contributed by atoms with Crippen LogP contribution in [0.2, 0.25) is 0 Å². The van der Waals surface area contributed by atoms with Crippen molar-refractivity contribution in [2.75, 3.05) is 7.11 Å². The summed E-state index contributed by atoms with van der Waals surface area (Å²) < 4.78 is 72.6. The number of carbonyl (C=O) groups excluding carboxylic acids is 4. The van der Waals surface area contributed by atoms with Crippen molar-refractivity contribution in [3.8, 4) is 28.4 Å². The van der Waals surface area contributed by atoms with E-state index in [2.05, 4.69) is 4.18 Å². The Bertz CT molecular complexity index is 1830. The number of ether oxygens (including phenoxy) is 6. The molecule has 1 aliphatic rings. The summed E-state index contributed by atoms with van der Waals surface area (Å²) in [6, 6.07) is 7.12. The quantitative estimate of drug-likeness (QED) is 0.186. The first-order valence-corrected chi connectivity index (χ1v) is 14.4. The van der Waals surface area contributed by atoms with Crippen LogP contribution in [0, 0.1) is 0 Å². The summed E-state index contributed by atoms with van der Waals surface area (Å²) in [7, 11) is -3.75. The summed E-state index contributed by atoms with van der Waals surface area (Å²) in [4.78, 5) is 61.8. The highest BCUT2D eigenvalue weighted by Gasteiger charge is 2.55. The molecule has 246 valence electrons. The van der Waals surface area contributed by atoms with Crippen molar-refractivity contribution < 1.29 is 74.3 Å². The van der Waals surface area contributed by atoms with E-state index in [0.29, 0.717) is 0 Å². The molecule has 0 aliphatic carbocycles. The Morgan fingerprint density at radius 3 is 2.00 bits per heavy atom. The lowest BCUT2D eigenvalue weighted by Gasteiger charge is -2.43. The number of benzene rings is 2. The third-order valence-electron chi connectivity index (χ3n) is 6.28. The van der Waals surface area contributed by atoms with Crippen LogP contribution < -0.4 is 14.3 Å². The van der Waals surface area contributed by atoms with E-state index in [-0.39, 0.29) is 33.6 Å². The van der Waals surface area contributed by atoms with Crippen LogP contribution in [-0.4, -0.2) is 79.8 Å². The average molecular weight is 667 g/mol. The molecule has 0 bridgehead atoms. The molecule has 3 aromatic rings. The highest BCUT2D eigenvalue weighted by molar-refractivity contribution is 7.81. The van der Waals surface area contributed by atoms with Gasteiger partial charge in [0.15, 0.2) is 18.3 Å². The Morgan fingerprint density at radius 2 is 1.43 bits per heavy atom. The van der Waals surface area contributed by atoms with Crippen molar-refractivity contribution in [3.63, 3.8) is 0 Å². The van der Waals surface area contributed by atoms with Gasteiger partial charge in [-0.2, -0.15) is 8.42 Å². The number of hydrogen-bond donors (Lipinski definition) is 2. The Morgan fingerprint density at radius 1 is 0.848 bits per heavy atom. The molecule has 0 amide bonds. The van der Waals surface area contributed by atoms with Crippen LogP contribution in [0.4, 0.5) is 0 Å². The molecule has 5 atom stereocenters. The Labute approximate surface area is 259 Å². The summed E-state index contributed by atoms with van der Waals surface area (Å²) in [5.41, 5.74) is -0.688. The molecule has 2 N–H and O–H groups in total. The first kappa shape index (κ1) is 33.7. The standard InChI is InChI=1S/C28H26O17S/c1-12(29)40-23-24(41-13(2)30)26(42-14(3)31)28(44-25(23)27(34)38-4)43-17-9-19(32)21-20(10-17)39-11-18(22(21)33)15-5-7-16(8-6-15)45-46(35,36)37/h5-11,23-26,28,32H,1-4H3,(H,35,36,37)/t23-,24-,25-,26+,28+/m0/s1. The molecule has 0 radical (unpaired) electrons. The lowest BCUT2D eigenvalue weighted by molar-refractivity contribution is -0.282. The van der Waals surface area contributed by atoms with E-state index in [1.54, 1.807) is 0 Å². The van der Waals surface area contributed by atoms with Crippen LogP contribution in [0.5, 0.6) is 17.2 Å². The molecule has 4 rings (SSSR count). The van der Waals surface area contributed by atoms with Crippen molar-refractivity contribution in [1.82, 2.24) is 0 Å². The summed E-state index contributed by atoms with van der Waals surface area (Å²) in [6.07, 6.45) is -7.31. The van der Waals surface area contributed by atoms with Crippen molar-refractivity contribution >= 4 is 45.2 Å². The van der Waals surface area contributed by atoms with E-state index in [1.165, 1.54) is 30.3 Å². The molecule has 2 heterocycles. The number of methoxy groups -OCH3 is 1. The van der Waals surface area contributed by atoms with Gasteiger partial charge in [0, 0.05) is 32.9 Å². The monoisotopic (exact) mass is 666 g/mol. The zero-order chi connectivity index (χ0) is 33.9. The summed E-state index contributed by atoms with van der Waals surface area (Å²) in [6.45, 7) is 3.07. The summed E-state index contributed by atoms with van der Waals surface area (Å²) in [5, 5.41) is 10.5. The zero-order valence-corrected chi connectivity index (χ0v) is 25.2. The topological polar surface area (TPSA) is 238 Å². The predicted molar refractivity (Wildman–Crippen MR) is 150 cm³/mol. The summed E-state index contributed by atoms with van der Waals surface area (Å²) in [5.74, 6) is -4.84. The number of carbonyl (C=O) groups is 4. The number of hydrogen-bond acceptors (Lipinski definition) is 16. The second kappa shape index (κ2) is 13.4. The van der Waals surface area contributed by atoms with E-state index in [4.69, 9.17) is 37.4 Å². The van der Waals surface area contributed by atoms with Crippen molar-refractivity contribution in [2.24, 2.45) is 0 Å². The third-order valence-corrected chi connectivity index (χ3v) is 6.69. The molecule has 18 heteroatoms. The van der Waals surface area contributed by atoms with E-state index in [1.807, 2.05) is 0 Å². The minimum atomic E-state index is -4.77. The number of aromatic hydroxyl groups is 1. The fourth-order valence-electron chi connectivity index (χ4n) is 4.60. The SMILES string of the molecule is COC(=O)[C@H]1O[C@@H](Oc2cc(O)c3c(=O)c(-c4ccc(OS(=O)(=O)O)cc4)coc3c2)[C@H](OC(C)=O)[C@@H](OC(C)=O)[C@@H]1OC(C)=O. The maximum atomic E-state index is 13.3. The van der Waals surface area contributed by atoms with Gasteiger partial charge in [0.05, 0.1) is 12.7 Å². The largest absolute Gasteiger partial charge is 0.507 e. The molecule has 1 fully saturated rings. The Kier molecular flexibility index (Phi) is 9.83. The second-order valence-corrected chi connectivity index (χ2v) is 10.6. The Hall–Kier alpha value is -5.20. The first-order chi connectivity index (χ1) is 21.6. The lowest BCUT2D eigenvalue weighted by Crippen LogP contribution is -2.64. The fourth-order valence-corrected chi connectivity index (χ4v) is 4.95. The number of phenols is 1. The van der Waals surface area contributed by atoms with Gasteiger partial charge < -0.3 is 42.1 Å². The third kappa shape index (κ3) is 7.71. The van der Waals surface area contributed by atoms with Gasteiger partial charge in [-0.25, -0.2) is 4.79 Å². The van der Waals surface area contributed by atoms with E-state index >= 15 is 0 Å². The molecule has 1 saturated heterocycles. The zero-order valence-electron chi connectivity index (χ0n) is 24.4. The molecule has 2 aromatic carbocycles. The molecular formula is C28H26O17S. The molecule has 0 unspecified atom stereocenters. The van der Waals surface area contributed by atoms with Crippen molar-refractivity contribution in [1.29, 1.82) is 0 Å². The highest BCUT2D eigenvalue weighted by atomic mass is 32.3. The highest BCUT2D eigenvalue weighted by Crippen LogP contribution is 2.35. The molecule has 1 aliphatic heterocycles. The van der Waals surface area contributed by atoms with Crippen LogP contribution >= 0.6 is 0 Å². The predicted octanol–water partition coefficient (Wildman–Crippen LogP) is 1.42. The van der Waals surface area contributed by atoms with Crippen molar-refractivity contribution in [3.05, 3.63) is 52.9 Å².